The minimum atomic E-state index is -1.09. The molecule has 0 saturated heterocycles. The van der Waals surface area contributed by atoms with Crippen LogP contribution in [0, 0.1) is 5.82 Å². The predicted octanol–water partition coefficient (Wildman–Crippen LogP) is 2.10. The normalized spacial score (nSPS) is 16.0. The summed E-state index contributed by atoms with van der Waals surface area (Å²) in [4.78, 5) is 27.6. The van der Waals surface area contributed by atoms with Crippen molar-refractivity contribution in [2.24, 2.45) is 4.99 Å². The number of carbonyl (C=O) groups excluding carboxylic acids is 1. The van der Waals surface area contributed by atoms with Crippen LogP contribution in [-0.2, 0) is 16.0 Å². The number of aliphatic carboxylic acids is 1. The highest BCUT2D eigenvalue weighted by atomic mass is 32.1. The number of fused-ring (bicyclic) bond motifs is 1. The smallest absolute Gasteiger partial charge is 0.322 e. The van der Waals surface area contributed by atoms with Crippen molar-refractivity contribution in [2.45, 2.75) is 12.5 Å². The summed E-state index contributed by atoms with van der Waals surface area (Å²) >= 11 is 1.52. The molecule has 1 aliphatic rings. The highest BCUT2D eigenvalue weighted by molar-refractivity contribution is 7.10. The fourth-order valence-electron chi connectivity index (χ4n) is 2.39. The first-order chi connectivity index (χ1) is 11.0. The van der Waals surface area contributed by atoms with E-state index >= 15 is 0 Å². The second-order valence-electron chi connectivity index (χ2n) is 5.10. The van der Waals surface area contributed by atoms with Crippen LogP contribution in [0.5, 0.6) is 0 Å². The molecule has 23 heavy (non-hydrogen) atoms. The van der Waals surface area contributed by atoms with Crippen LogP contribution >= 0.6 is 11.3 Å². The van der Waals surface area contributed by atoms with Gasteiger partial charge in [0.15, 0.2) is 0 Å². The molecule has 0 aliphatic carbocycles. The van der Waals surface area contributed by atoms with E-state index in [2.05, 4.69) is 10.3 Å². The molecule has 1 amide bonds. The number of rotatable bonds is 4. The van der Waals surface area contributed by atoms with E-state index in [1.807, 2.05) is 5.38 Å². The van der Waals surface area contributed by atoms with Crippen molar-refractivity contribution in [3.8, 4) is 11.1 Å². The van der Waals surface area contributed by atoms with Gasteiger partial charge in [0.2, 0.25) is 5.91 Å². The van der Waals surface area contributed by atoms with Gasteiger partial charge in [-0.15, -0.1) is 11.3 Å². The Labute approximate surface area is 135 Å². The fraction of sp³-hybridized carbons (Fsp3) is 0.188. The van der Waals surface area contributed by atoms with Crippen molar-refractivity contribution in [3.63, 3.8) is 0 Å². The maximum Gasteiger partial charge on any atom is 0.322 e. The Bertz CT molecular complexity index is 783. The van der Waals surface area contributed by atoms with Crippen LogP contribution < -0.4 is 5.32 Å². The summed E-state index contributed by atoms with van der Waals surface area (Å²) in [5.41, 5.74) is 2.78. The number of amides is 1. The van der Waals surface area contributed by atoms with Gasteiger partial charge in [-0.05, 0) is 23.1 Å². The van der Waals surface area contributed by atoms with Crippen molar-refractivity contribution in [3.05, 3.63) is 45.9 Å². The number of hydrogen-bond acceptors (Lipinski definition) is 4. The van der Waals surface area contributed by atoms with Crippen LogP contribution in [0.1, 0.15) is 10.4 Å². The van der Waals surface area contributed by atoms with Gasteiger partial charge < -0.3 is 10.4 Å². The zero-order valence-corrected chi connectivity index (χ0v) is 12.8. The van der Waals surface area contributed by atoms with Gasteiger partial charge in [0, 0.05) is 28.6 Å². The second kappa shape index (κ2) is 6.29. The lowest BCUT2D eigenvalue weighted by Crippen LogP contribution is -2.38. The summed E-state index contributed by atoms with van der Waals surface area (Å²) in [5.74, 6) is -1.78. The van der Waals surface area contributed by atoms with Crippen LogP contribution in [0.25, 0.3) is 11.1 Å². The number of carbonyl (C=O) groups is 2. The van der Waals surface area contributed by atoms with E-state index in [-0.39, 0.29) is 5.82 Å². The average molecular weight is 332 g/mol. The van der Waals surface area contributed by atoms with Crippen molar-refractivity contribution in [2.75, 3.05) is 6.54 Å². The minimum absolute atomic E-state index is 0.290. The Kier molecular flexibility index (Phi) is 4.20. The van der Waals surface area contributed by atoms with Gasteiger partial charge in [-0.2, -0.15) is 0 Å². The first-order valence-electron chi connectivity index (χ1n) is 6.93. The Morgan fingerprint density at radius 3 is 2.78 bits per heavy atom. The lowest BCUT2D eigenvalue weighted by atomic mass is 9.99. The standard InChI is InChI=1S/C16H13FN2O3S/c17-10-3-1-9(2-4-10)12-8-23-14-5-13(18-6-11(12)14)16(22)19-7-15(20)21/h1-4,6,8,13H,5,7H2,(H,19,22)(H,20,21). The molecule has 118 valence electrons. The number of aliphatic imine (C=N–C) groups is 1. The van der Waals surface area contributed by atoms with Crippen LogP contribution in [0.3, 0.4) is 0 Å². The molecular weight excluding hydrogens is 319 g/mol. The molecule has 1 unspecified atom stereocenters. The number of nitrogens with one attached hydrogen (secondary N) is 1. The molecule has 2 aromatic rings. The third-order valence-electron chi connectivity index (χ3n) is 3.54. The molecule has 0 saturated carbocycles. The third-order valence-corrected chi connectivity index (χ3v) is 4.57. The van der Waals surface area contributed by atoms with E-state index in [1.165, 1.54) is 23.5 Å². The lowest BCUT2D eigenvalue weighted by Gasteiger charge is -2.16. The van der Waals surface area contributed by atoms with E-state index in [4.69, 9.17) is 5.11 Å². The first kappa shape index (κ1) is 15.4. The number of carboxylic acids is 1. The topological polar surface area (TPSA) is 78.8 Å². The molecule has 1 atom stereocenters. The Balaban J connectivity index is 1.79. The van der Waals surface area contributed by atoms with E-state index in [0.717, 1.165) is 21.6 Å². The van der Waals surface area contributed by atoms with Gasteiger partial charge in [0.1, 0.15) is 18.4 Å². The zero-order chi connectivity index (χ0) is 16.4. The summed E-state index contributed by atoms with van der Waals surface area (Å²) < 4.78 is 13.0. The number of benzene rings is 1. The van der Waals surface area contributed by atoms with Gasteiger partial charge >= 0.3 is 5.97 Å². The Hall–Kier alpha value is -2.54. The zero-order valence-electron chi connectivity index (χ0n) is 12.0. The molecule has 1 aromatic carbocycles. The number of thiophene rings is 1. The van der Waals surface area contributed by atoms with Gasteiger partial charge in [-0.25, -0.2) is 4.39 Å². The molecule has 7 heteroatoms. The minimum Gasteiger partial charge on any atom is -0.480 e. The quantitative estimate of drug-likeness (QED) is 0.900. The molecule has 2 heterocycles. The van der Waals surface area contributed by atoms with E-state index < -0.39 is 24.5 Å². The van der Waals surface area contributed by atoms with Crippen LogP contribution in [-0.4, -0.2) is 35.8 Å². The second-order valence-corrected chi connectivity index (χ2v) is 6.07. The van der Waals surface area contributed by atoms with Gasteiger partial charge in [0.25, 0.3) is 0 Å². The molecule has 0 bridgehead atoms. The van der Waals surface area contributed by atoms with E-state index in [1.54, 1.807) is 18.3 Å². The van der Waals surface area contributed by atoms with Crippen LogP contribution in [0.4, 0.5) is 4.39 Å². The molecule has 0 fully saturated rings. The summed E-state index contributed by atoms with van der Waals surface area (Å²) in [6.07, 6.45) is 2.07. The highest BCUT2D eigenvalue weighted by Crippen LogP contribution is 2.33. The molecule has 5 nitrogen and oxygen atoms in total. The van der Waals surface area contributed by atoms with E-state index in [9.17, 15) is 14.0 Å². The third kappa shape index (κ3) is 3.29. The summed E-state index contributed by atoms with van der Waals surface area (Å²) in [6.45, 7) is -0.414. The van der Waals surface area contributed by atoms with E-state index in [0.29, 0.717) is 6.42 Å². The van der Waals surface area contributed by atoms with Crippen molar-refractivity contribution < 1.29 is 19.1 Å². The van der Waals surface area contributed by atoms with Gasteiger partial charge in [-0.3, -0.25) is 14.6 Å². The molecule has 0 spiro atoms. The van der Waals surface area contributed by atoms with Crippen LogP contribution in [0.15, 0.2) is 34.6 Å². The summed E-state index contributed by atoms with van der Waals surface area (Å²) in [5, 5.41) is 12.9. The number of nitrogens with zero attached hydrogens (tertiary/aromatic N) is 1. The fourth-order valence-corrected chi connectivity index (χ4v) is 3.46. The maximum absolute atomic E-state index is 13.0. The monoisotopic (exact) mass is 332 g/mol. The molecule has 1 aliphatic heterocycles. The molecule has 2 N–H and O–H groups in total. The molecule has 0 radical (unpaired) electrons. The predicted molar refractivity (Wildman–Crippen MR) is 85.4 cm³/mol. The average Bonchev–Trinajstić information content (AvgIpc) is 2.96. The lowest BCUT2D eigenvalue weighted by molar-refractivity contribution is -0.138. The van der Waals surface area contributed by atoms with Crippen molar-refractivity contribution in [1.29, 1.82) is 0 Å². The number of hydrogen-bond donors (Lipinski definition) is 2. The Morgan fingerprint density at radius 1 is 1.35 bits per heavy atom. The molecular formula is C16H13FN2O3S. The number of carboxylic acid groups (broad SMARTS) is 1. The van der Waals surface area contributed by atoms with Crippen molar-refractivity contribution in [1.82, 2.24) is 5.32 Å². The SMILES string of the molecule is O=C(O)CNC(=O)C1Cc2scc(-c3ccc(F)cc3)c2C=N1. The van der Waals surface area contributed by atoms with Gasteiger partial charge in [0.05, 0.1) is 0 Å². The first-order valence-corrected chi connectivity index (χ1v) is 7.81. The molecule has 1 aromatic heterocycles. The molecule has 3 rings (SSSR count). The largest absolute Gasteiger partial charge is 0.480 e. The number of halogens is 1. The maximum atomic E-state index is 13.0. The highest BCUT2D eigenvalue weighted by Gasteiger charge is 2.25. The summed E-state index contributed by atoms with van der Waals surface area (Å²) in [7, 11) is 0. The van der Waals surface area contributed by atoms with Crippen molar-refractivity contribution >= 4 is 29.4 Å². The summed E-state index contributed by atoms with van der Waals surface area (Å²) in [6, 6.07) is 5.61. The van der Waals surface area contributed by atoms with Gasteiger partial charge in [-0.1, -0.05) is 12.1 Å². The van der Waals surface area contributed by atoms with Crippen LogP contribution in [0.2, 0.25) is 0 Å². The Morgan fingerprint density at radius 2 is 2.09 bits per heavy atom.